The summed E-state index contributed by atoms with van der Waals surface area (Å²) in [6, 6.07) is 9.43. The molecular weight excluding hydrogens is 378 g/mol. The first-order chi connectivity index (χ1) is 13.0. The van der Waals surface area contributed by atoms with Gasteiger partial charge in [-0.15, -0.1) is 22.7 Å². The lowest BCUT2D eigenvalue weighted by molar-refractivity contribution is -0.114. The molecule has 1 aromatic carbocycles. The van der Waals surface area contributed by atoms with Crippen molar-refractivity contribution in [3.8, 4) is 11.3 Å². The lowest BCUT2D eigenvalue weighted by Gasteiger charge is -2.02. The third kappa shape index (κ3) is 4.81. The molecule has 2 aromatic heterocycles. The van der Waals surface area contributed by atoms with Crippen LogP contribution in [0.2, 0.25) is 0 Å². The molecule has 7 heteroatoms. The Morgan fingerprint density at radius 2 is 1.89 bits per heavy atom. The van der Waals surface area contributed by atoms with Gasteiger partial charge in [0, 0.05) is 28.4 Å². The van der Waals surface area contributed by atoms with Crippen LogP contribution < -0.4 is 10.6 Å². The predicted molar refractivity (Wildman–Crippen MR) is 113 cm³/mol. The summed E-state index contributed by atoms with van der Waals surface area (Å²) >= 11 is 2.92. The van der Waals surface area contributed by atoms with Crippen molar-refractivity contribution in [1.29, 1.82) is 0 Å². The van der Waals surface area contributed by atoms with E-state index in [9.17, 15) is 9.59 Å². The maximum Gasteiger partial charge on any atom is 0.267 e. The molecule has 140 valence electrons. The normalized spacial score (nSPS) is 10.6. The molecule has 3 rings (SSSR count). The highest BCUT2D eigenvalue weighted by Gasteiger charge is 2.14. The van der Waals surface area contributed by atoms with Crippen molar-refractivity contribution in [2.45, 2.75) is 33.6 Å². The van der Waals surface area contributed by atoms with Gasteiger partial charge >= 0.3 is 0 Å². The molecule has 5 nitrogen and oxygen atoms in total. The topological polar surface area (TPSA) is 71.1 Å². The number of nitrogens with one attached hydrogen (secondary N) is 2. The van der Waals surface area contributed by atoms with Crippen LogP contribution in [0.5, 0.6) is 0 Å². The van der Waals surface area contributed by atoms with Gasteiger partial charge in [-0.05, 0) is 37.1 Å². The molecular formula is C20H21N3O2S2. The van der Waals surface area contributed by atoms with Gasteiger partial charge in [-0.1, -0.05) is 25.5 Å². The van der Waals surface area contributed by atoms with Crippen LogP contribution in [-0.2, 0) is 11.2 Å². The standard InChI is InChI=1S/C20H21N3O2S2/c1-4-5-15-10-18(27-12(15)2)19(25)23-20-22-17(11-26-20)14-6-8-16(9-7-14)21-13(3)24/h6-11H,4-5H2,1-3H3,(H,21,24)(H,22,23,25). The van der Waals surface area contributed by atoms with Gasteiger partial charge in [-0.25, -0.2) is 4.98 Å². The molecule has 0 unspecified atom stereocenters. The van der Waals surface area contributed by atoms with E-state index in [0.717, 1.165) is 29.8 Å². The fraction of sp³-hybridized carbons (Fsp3) is 0.250. The number of anilines is 2. The minimum absolute atomic E-state index is 0.104. The van der Waals surface area contributed by atoms with Gasteiger partial charge in [0.15, 0.2) is 5.13 Å². The molecule has 0 radical (unpaired) electrons. The maximum atomic E-state index is 12.5. The molecule has 0 fully saturated rings. The average molecular weight is 400 g/mol. The molecule has 0 spiro atoms. The van der Waals surface area contributed by atoms with E-state index in [0.29, 0.717) is 10.0 Å². The number of hydrogen-bond donors (Lipinski definition) is 2. The van der Waals surface area contributed by atoms with E-state index in [1.54, 1.807) is 0 Å². The first-order valence-corrected chi connectivity index (χ1v) is 10.4. The number of rotatable bonds is 6. The fourth-order valence-electron chi connectivity index (χ4n) is 2.70. The molecule has 2 amide bonds. The van der Waals surface area contributed by atoms with Crippen molar-refractivity contribution in [1.82, 2.24) is 4.98 Å². The number of hydrogen-bond acceptors (Lipinski definition) is 5. The molecule has 2 N–H and O–H groups in total. The van der Waals surface area contributed by atoms with Gasteiger partial charge in [-0.2, -0.15) is 0 Å². The van der Waals surface area contributed by atoms with Crippen molar-refractivity contribution < 1.29 is 9.59 Å². The van der Waals surface area contributed by atoms with Crippen LogP contribution in [0.25, 0.3) is 11.3 Å². The van der Waals surface area contributed by atoms with Gasteiger partial charge in [0.25, 0.3) is 5.91 Å². The highest BCUT2D eigenvalue weighted by Crippen LogP contribution is 2.28. The Balaban J connectivity index is 1.69. The number of aromatic nitrogens is 1. The van der Waals surface area contributed by atoms with Gasteiger partial charge in [0.2, 0.25) is 5.91 Å². The molecule has 0 saturated heterocycles. The summed E-state index contributed by atoms with van der Waals surface area (Å²) in [6.45, 7) is 5.67. The molecule has 3 aromatic rings. The molecule has 0 bridgehead atoms. The molecule has 0 aliphatic rings. The third-order valence-electron chi connectivity index (χ3n) is 3.99. The lowest BCUT2D eigenvalue weighted by Crippen LogP contribution is -2.09. The number of benzene rings is 1. The van der Waals surface area contributed by atoms with Crippen molar-refractivity contribution in [3.05, 3.63) is 51.0 Å². The van der Waals surface area contributed by atoms with Crippen molar-refractivity contribution >= 4 is 45.3 Å². The Morgan fingerprint density at radius 1 is 1.15 bits per heavy atom. The lowest BCUT2D eigenvalue weighted by atomic mass is 10.1. The zero-order valence-corrected chi connectivity index (χ0v) is 17.1. The van der Waals surface area contributed by atoms with Crippen LogP contribution >= 0.6 is 22.7 Å². The van der Waals surface area contributed by atoms with Crippen LogP contribution in [0.1, 0.15) is 40.4 Å². The maximum absolute atomic E-state index is 12.5. The van der Waals surface area contributed by atoms with E-state index in [4.69, 9.17) is 0 Å². The molecule has 0 aliphatic heterocycles. The SMILES string of the molecule is CCCc1cc(C(=O)Nc2nc(-c3ccc(NC(C)=O)cc3)cs2)sc1C. The average Bonchev–Trinajstić information content (AvgIpc) is 3.23. The number of thiophene rings is 1. The summed E-state index contributed by atoms with van der Waals surface area (Å²) in [4.78, 5) is 30.0. The molecule has 0 saturated carbocycles. The second-order valence-electron chi connectivity index (χ2n) is 6.19. The van der Waals surface area contributed by atoms with E-state index in [-0.39, 0.29) is 11.8 Å². The van der Waals surface area contributed by atoms with Crippen LogP contribution in [0.15, 0.2) is 35.7 Å². The van der Waals surface area contributed by atoms with Crippen LogP contribution in [0.4, 0.5) is 10.8 Å². The Bertz CT molecular complexity index is 958. The Hall–Kier alpha value is -2.51. The largest absolute Gasteiger partial charge is 0.326 e. The van der Waals surface area contributed by atoms with Gasteiger partial charge in [0.1, 0.15) is 0 Å². The predicted octanol–water partition coefficient (Wildman–Crippen LogP) is 5.34. The first-order valence-electron chi connectivity index (χ1n) is 8.70. The Labute approximate surface area is 166 Å². The highest BCUT2D eigenvalue weighted by atomic mass is 32.1. The number of thiazole rings is 1. The van der Waals surface area contributed by atoms with Crippen LogP contribution in [0, 0.1) is 6.92 Å². The van der Waals surface area contributed by atoms with Crippen molar-refractivity contribution in [3.63, 3.8) is 0 Å². The Kier molecular flexibility index (Phi) is 6.03. The van der Waals surface area contributed by atoms with Crippen molar-refractivity contribution in [2.75, 3.05) is 10.6 Å². The monoisotopic (exact) mass is 399 g/mol. The summed E-state index contributed by atoms with van der Waals surface area (Å²) in [5.74, 6) is -0.223. The van der Waals surface area contributed by atoms with Crippen molar-refractivity contribution in [2.24, 2.45) is 0 Å². The van der Waals surface area contributed by atoms with Crippen LogP contribution in [-0.4, -0.2) is 16.8 Å². The molecule has 27 heavy (non-hydrogen) atoms. The second kappa shape index (κ2) is 8.45. The van der Waals surface area contributed by atoms with Crippen LogP contribution in [0.3, 0.4) is 0 Å². The number of carbonyl (C=O) groups is 2. The summed E-state index contributed by atoms with van der Waals surface area (Å²) < 4.78 is 0. The van der Waals surface area contributed by atoms with Gasteiger partial charge < -0.3 is 5.32 Å². The number of amides is 2. The second-order valence-corrected chi connectivity index (χ2v) is 8.31. The Morgan fingerprint density at radius 3 is 2.56 bits per heavy atom. The zero-order valence-electron chi connectivity index (χ0n) is 15.5. The van der Waals surface area contributed by atoms with E-state index in [1.165, 1.54) is 40.0 Å². The molecule has 2 heterocycles. The van der Waals surface area contributed by atoms with E-state index < -0.39 is 0 Å². The summed E-state index contributed by atoms with van der Waals surface area (Å²) in [6.07, 6.45) is 2.06. The van der Waals surface area contributed by atoms with E-state index in [2.05, 4.69) is 29.5 Å². The van der Waals surface area contributed by atoms with E-state index >= 15 is 0 Å². The number of aryl methyl sites for hydroxylation is 2. The van der Waals surface area contributed by atoms with Gasteiger partial charge in [0.05, 0.1) is 10.6 Å². The minimum atomic E-state index is -0.118. The first kappa shape index (κ1) is 19.3. The summed E-state index contributed by atoms with van der Waals surface area (Å²) in [7, 11) is 0. The quantitative estimate of drug-likeness (QED) is 0.587. The highest BCUT2D eigenvalue weighted by molar-refractivity contribution is 7.15. The molecule has 0 atom stereocenters. The zero-order chi connectivity index (χ0) is 19.4. The summed E-state index contributed by atoms with van der Waals surface area (Å²) in [5.41, 5.74) is 3.70. The van der Waals surface area contributed by atoms with Gasteiger partial charge in [-0.3, -0.25) is 14.9 Å². The number of carbonyl (C=O) groups excluding carboxylic acids is 2. The minimum Gasteiger partial charge on any atom is -0.326 e. The third-order valence-corrected chi connectivity index (χ3v) is 5.84. The molecule has 0 aliphatic carbocycles. The smallest absolute Gasteiger partial charge is 0.267 e. The number of nitrogens with zero attached hydrogens (tertiary/aromatic N) is 1. The van der Waals surface area contributed by atoms with E-state index in [1.807, 2.05) is 35.7 Å². The summed E-state index contributed by atoms with van der Waals surface area (Å²) in [5, 5.41) is 8.11. The fourth-order valence-corrected chi connectivity index (χ4v) is 4.38.